The van der Waals surface area contributed by atoms with Crippen LogP contribution in [0.2, 0.25) is 5.02 Å². The molecule has 1 fully saturated rings. The number of nitrogens with zero attached hydrogens (tertiary/aromatic N) is 6. The van der Waals surface area contributed by atoms with Gasteiger partial charge >= 0.3 is 0 Å². The van der Waals surface area contributed by atoms with E-state index >= 15 is 0 Å². The first kappa shape index (κ1) is 25.7. The zero-order valence-corrected chi connectivity index (χ0v) is 22.6. The highest BCUT2D eigenvalue weighted by Gasteiger charge is 2.25. The Bertz CT molecular complexity index is 1660. The first-order valence-electron chi connectivity index (χ1n) is 13.1. The second-order valence-electron chi connectivity index (χ2n) is 9.71. The first-order valence-corrected chi connectivity index (χ1v) is 13.5. The summed E-state index contributed by atoms with van der Waals surface area (Å²) in [5, 5.41) is 27.2. The average molecular weight is 551 g/mol. The molecule has 6 rings (SSSR count). The molecular weight excluding hydrogens is 524 g/mol. The standard InChI is InChI=1S/C30H27ClN8O/c1-2-26(19-7-4-3-5-8-19)36-28-21(13-32)15-34-30-24(28)11-22(12-25(30)31)35-29(20-9-6-10-33-14-20)27-16-39(38-37-27)23-17-40-18-23/h3-12,14-16,23,26,29,35H,2,17-18H2,1H3,(H,34,36). The van der Waals surface area contributed by atoms with Gasteiger partial charge in [-0.25, -0.2) is 4.68 Å². The van der Waals surface area contributed by atoms with Crippen molar-refractivity contribution in [2.45, 2.75) is 31.5 Å². The van der Waals surface area contributed by atoms with Crippen LogP contribution in [0.25, 0.3) is 10.9 Å². The number of pyridine rings is 2. The molecule has 10 heteroatoms. The molecule has 4 heterocycles. The second-order valence-corrected chi connectivity index (χ2v) is 10.1. The van der Waals surface area contributed by atoms with E-state index in [0.29, 0.717) is 35.0 Å². The van der Waals surface area contributed by atoms with Gasteiger partial charge in [-0.15, -0.1) is 5.10 Å². The number of nitrogens with one attached hydrogen (secondary N) is 2. The van der Waals surface area contributed by atoms with E-state index in [9.17, 15) is 5.26 Å². The number of nitriles is 1. The van der Waals surface area contributed by atoms with Crippen LogP contribution in [0.5, 0.6) is 0 Å². The highest BCUT2D eigenvalue weighted by molar-refractivity contribution is 6.35. The van der Waals surface area contributed by atoms with E-state index in [2.05, 4.69) is 56.0 Å². The topological polar surface area (TPSA) is 114 Å². The fraction of sp³-hybridized carbons (Fsp3) is 0.233. The molecule has 1 saturated heterocycles. The van der Waals surface area contributed by atoms with E-state index in [1.165, 1.54) is 0 Å². The quantitative estimate of drug-likeness (QED) is 0.227. The summed E-state index contributed by atoms with van der Waals surface area (Å²) in [6, 6.07) is 20.0. The fourth-order valence-corrected chi connectivity index (χ4v) is 5.15. The molecule has 3 aromatic heterocycles. The number of ether oxygens (including phenoxy) is 1. The maximum atomic E-state index is 9.98. The van der Waals surface area contributed by atoms with Crippen molar-refractivity contribution in [1.82, 2.24) is 25.0 Å². The lowest BCUT2D eigenvalue weighted by Crippen LogP contribution is -2.31. The molecule has 2 unspecified atom stereocenters. The minimum absolute atomic E-state index is 0.00274. The zero-order chi connectivity index (χ0) is 27.5. The number of rotatable bonds is 9. The highest BCUT2D eigenvalue weighted by atomic mass is 35.5. The Labute approximate surface area is 236 Å². The third kappa shape index (κ3) is 5.07. The summed E-state index contributed by atoms with van der Waals surface area (Å²) in [7, 11) is 0. The van der Waals surface area contributed by atoms with Crippen molar-refractivity contribution in [2.24, 2.45) is 0 Å². The minimum Gasteiger partial charge on any atom is -0.377 e. The number of hydrogen-bond acceptors (Lipinski definition) is 8. The number of benzene rings is 2. The molecule has 2 atom stereocenters. The van der Waals surface area contributed by atoms with Crippen LogP contribution >= 0.6 is 11.6 Å². The van der Waals surface area contributed by atoms with Gasteiger partial charge in [0, 0.05) is 29.7 Å². The summed E-state index contributed by atoms with van der Waals surface area (Å²) >= 11 is 6.79. The summed E-state index contributed by atoms with van der Waals surface area (Å²) in [4.78, 5) is 8.84. The molecule has 2 aromatic carbocycles. The molecule has 0 saturated carbocycles. The minimum atomic E-state index is -0.340. The molecule has 0 amide bonds. The van der Waals surface area contributed by atoms with Gasteiger partial charge in [0.1, 0.15) is 17.8 Å². The summed E-state index contributed by atoms with van der Waals surface area (Å²) in [6.45, 7) is 3.36. The van der Waals surface area contributed by atoms with Crippen LogP contribution in [0.1, 0.15) is 53.9 Å². The Hall–Kier alpha value is -4.52. The number of hydrogen-bond donors (Lipinski definition) is 2. The normalized spacial score (nSPS) is 14.7. The van der Waals surface area contributed by atoms with Crippen LogP contribution in [-0.2, 0) is 4.74 Å². The van der Waals surface area contributed by atoms with Crippen molar-refractivity contribution in [3.05, 3.63) is 107 Å². The molecule has 40 heavy (non-hydrogen) atoms. The van der Waals surface area contributed by atoms with Crippen LogP contribution in [0.3, 0.4) is 0 Å². The highest BCUT2D eigenvalue weighted by Crippen LogP contribution is 2.37. The van der Waals surface area contributed by atoms with Crippen LogP contribution in [0, 0.1) is 11.3 Å². The maximum Gasteiger partial charge on any atom is 0.110 e. The lowest BCUT2D eigenvalue weighted by molar-refractivity contribution is -0.0293. The zero-order valence-electron chi connectivity index (χ0n) is 21.8. The first-order chi connectivity index (χ1) is 19.6. The molecule has 200 valence electrons. The average Bonchev–Trinajstić information content (AvgIpc) is 3.43. The molecule has 2 N–H and O–H groups in total. The summed E-state index contributed by atoms with van der Waals surface area (Å²) in [5.74, 6) is 0. The van der Waals surface area contributed by atoms with Crippen LogP contribution in [0.15, 0.2) is 79.4 Å². The lowest BCUT2D eigenvalue weighted by atomic mass is 10.0. The Morgan fingerprint density at radius 3 is 2.62 bits per heavy atom. The number of aromatic nitrogens is 5. The van der Waals surface area contributed by atoms with Gasteiger partial charge in [-0.1, -0.05) is 60.1 Å². The van der Waals surface area contributed by atoms with Crippen LogP contribution in [0.4, 0.5) is 11.4 Å². The predicted octanol–water partition coefficient (Wildman–Crippen LogP) is 6.08. The summed E-state index contributed by atoms with van der Waals surface area (Å²) < 4.78 is 7.17. The Kier molecular flexibility index (Phi) is 7.27. The lowest BCUT2D eigenvalue weighted by Gasteiger charge is -2.25. The van der Waals surface area contributed by atoms with Crippen molar-refractivity contribution in [3.8, 4) is 6.07 Å². The van der Waals surface area contributed by atoms with E-state index in [1.54, 1.807) is 18.6 Å². The molecule has 0 spiro atoms. The van der Waals surface area contributed by atoms with Crippen molar-refractivity contribution in [3.63, 3.8) is 0 Å². The molecule has 0 radical (unpaired) electrons. The van der Waals surface area contributed by atoms with Crippen LogP contribution < -0.4 is 10.6 Å². The Balaban J connectivity index is 1.41. The van der Waals surface area contributed by atoms with Gasteiger partial charge in [0.2, 0.25) is 0 Å². The van der Waals surface area contributed by atoms with E-state index in [1.807, 2.05) is 53.3 Å². The molecule has 0 bridgehead atoms. The molecule has 0 aliphatic carbocycles. The smallest absolute Gasteiger partial charge is 0.110 e. The van der Waals surface area contributed by atoms with E-state index < -0.39 is 0 Å². The van der Waals surface area contributed by atoms with Gasteiger partial charge in [0.25, 0.3) is 0 Å². The molecule has 9 nitrogen and oxygen atoms in total. The fourth-order valence-electron chi connectivity index (χ4n) is 4.88. The van der Waals surface area contributed by atoms with Gasteiger partial charge in [-0.3, -0.25) is 9.97 Å². The van der Waals surface area contributed by atoms with Gasteiger partial charge in [0.15, 0.2) is 0 Å². The molecule has 1 aliphatic heterocycles. The molecule has 1 aliphatic rings. The van der Waals surface area contributed by atoms with Crippen LogP contribution in [-0.4, -0.2) is 38.2 Å². The largest absolute Gasteiger partial charge is 0.377 e. The van der Waals surface area contributed by atoms with Gasteiger partial charge in [-0.05, 0) is 35.7 Å². The van der Waals surface area contributed by atoms with Gasteiger partial charge in [-0.2, -0.15) is 5.26 Å². The molecular formula is C30H27ClN8O. The van der Waals surface area contributed by atoms with Crippen molar-refractivity contribution in [1.29, 1.82) is 5.26 Å². The van der Waals surface area contributed by atoms with E-state index in [4.69, 9.17) is 16.3 Å². The van der Waals surface area contributed by atoms with Crippen molar-refractivity contribution >= 4 is 33.9 Å². The number of halogens is 1. The van der Waals surface area contributed by atoms with Crippen molar-refractivity contribution in [2.75, 3.05) is 23.8 Å². The Morgan fingerprint density at radius 2 is 1.93 bits per heavy atom. The number of anilines is 2. The van der Waals surface area contributed by atoms with E-state index in [0.717, 1.165) is 34.3 Å². The monoisotopic (exact) mass is 550 g/mol. The van der Waals surface area contributed by atoms with E-state index in [-0.39, 0.29) is 18.1 Å². The predicted molar refractivity (Wildman–Crippen MR) is 154 cm³/mol. The maximum absolute atomic E-state index is 9.98. The molecule has 5 aromatic rings. The third-order valence-corrected chi connectivity index (χ3v) is 7.41. The third-order valence-electron chi connectivity index (χ3n) is 7.12. The van der Waals surface area contributed by atoms with Gasteiger partial charge in [0.05, 0.1) is 53.3 Å². The Morgan fingerprint density at radius 1 is 1.10 bits per heavy atom. The van der Waals surface area contributed by atoms with Crippen molar-refractivity contribution < 1.29 is 4.74 Å². The number of fused-ring (bicyclic) bond motifs is 1. The SMILES string of the molecule is CCC(Nc1c(C#N)cnc2c(Cl)cc(NC(c3cccnc3)c3cn(C4COC4)nn3)cc12)c1ccccc1. The second kappa shape index (κ2) is 11.3. The summed E-state index contributed by atoms with van der Waals surface area (Å²) in [5.41, 5.74) is 5.32. The summed E-state index contributed by atoms with van der Waals surface area (Å²) in [6.07, 6.45) is 7.88. The van der Waals surface area contributed by atoms with Gasteiger partial charge < -0.3 is 15.4 Å².